The number of amides is 2. The first-order valence-corrected chi connectivity index (χ1v) is 7.63. The zero-order chi connectivity index (χ0) is 16.9. The summed E-state index contributed by atoms with van der Waals surface area (Å²) >= 11 is 0. The molecule has 1 heterocycles. The van der Waals surface area contributed by atoms with Crippen LogP contribution in [0.3, 0.4) is 0 Å². The lowest BCUT2D eigenvalue weighted by Gasteiger charge is -2.12. The van der Waals surface area contributed by atoms with E-state index in [1.807, 2.05) is 30.3 Å². The van der Waals surface area contributed by atoms with E-state index in [9.17, 15) is 14.3 Å². The number of H-pyrrole nitrogens is 1. The number of para-hydroxylation sites is 1. The predicted octanol–water partition coefficient (Wildman–Crippen LogP) is 2.84. The highest BCUT2D eigenvalue weighted by atomic mass is 19.1. The molecule has 3 aromatic rings. The van der Waals surface area contributed by atoms with Gasteiger partial charge >= 0.3 is 6.03 Å². The second kappa shape index (κ2) is 7.14. The Morgan fingerprint density at radius 1 is 1.12 bits per heavy atom. The minimum atomic E-state index is -0.885. The van der Waals surface area contributed by atoms with Gasteiger partial charge in [0.2, 0.25) is 0 Å². The molecule has 0 saturated heterocycles. The van der Waals surface area contributed by atoms with E-state index in [4.69, 9.17) is 0 Å². The molecular weight excluding hydrogens is 309 g/mol. The fourth-order valence-corrected chi connectivity index (χ4v) is 2.46. The third-order valence-corrected chi connectivity index (χ3v) is 3.74. The van der Waals surface area contributed by atoms with E-state index >= 15 is 0 Å². The third kappa shape index (κ3) is 3.91. The van der Waals surface area contributed by atoms with Crippen molar-refractivity contribution >= 4 is 16.9 Å². The van der Waals surface area contributed by atoms with Crippen molar-refractivity contribution in [2.75, 3.05) is 6.54 Å². The number of nitrogens with one attached hydrogen (secondary N) is 3. The Hall–Kier alpha value is -2.86. The number of halogens is 1. The predicted molar refractivity (Wildman–Crippen MR) is 89.9 cm³/mol. The third-order valence-electron chi connectivity index (χ3n) is 3.74. The summed E-state index contributed by atoms with van der Waals surface area (Å²) in [6, 6.07) is 15.0. The number of carbonyl (C=O) groups is 1. The van der Waals surface area contributed by atoms with Crippen molar-refractivity contribution in [3.8, 4) is 0 Å². The number of benzene rings is 2. The molecule has 1 aromatic heterocycles. The molecule has 5 nitrogen and oxygen atoms in total. The normalized spacial score (nSPS) is 12.1. The summed E-state index contributed by atoms with van der Waals surface area (Å²) in [7, 11) is 0. The first kappa shape index (κ1) is 16.0. The van der Waals surface area contributed by atoms with Gasteiger partial charge in [-0.05, 0) is 35.2 Å². The summed E-state index contributed by atoms with van der Waals surface area (Å²) in [5.41, 5.74) is 2.46. The van der Waals surface area contributed by atoms with Crippen LogP contribution < -0.4 is 10.6 Å². The molecule has 4 N–H and O–H groups in total. The summed E-state index contributed by atoms with van der Waals surface area (Å²) < 4.78 is 12.8. The van der Waals surface area contributed by atoms with Crippen LogP contribution in [0.5, 0.6) is 0 Å². The van der Waals surface area contributed by atoms with Crippen molar-refractivity contribution < 1.29 is 14.3 Å². The smallest absolute Gasteiger partial charge is 0.315 e. The molecule has 1 unspecified atom stereocenters. The van der Waals surface area contributed by atoms with Gasteiger partial charge in [-0.3, -0.25) is 0 Å². The van der Waals surface area contributed by atoms with E-state index < -0.39 is 6.10 Å². The Bertz CT molecular complexity index is 797. The number of fused-ring (bicyclic) bond motifs is 1. The highest BCUT2D eigenvalue weighted by molar-refractivity contribution is 5.80. The molecule has 2 aromatic carbocycles. The van der Waals surface area contributed by atoms with Gasteiger partial charge in [0.15, 0.2) is 0 Å². The summed E-state index contributed by atoms with van der Waals surface area (Å²) in [6.45, 7) is 0.400. The highest BCUT2D eigenvalue weighted by Gasteiger charge is 2.10. The highest BCUT2D eigenvalue weighted by Crippen LogP contribution is 2.14. The zero-order valence-corrected chi connectivity index (χ0v) is 12.9. The molecule has 3 rings (SSSR count). The maximum absolute atomic E-state index is 12.8. The van der Waals surface area contributed by atoms with Gasteiger partial charge in [0, 0.05) is 17.8 Å². The number of hydrogen-bond acceptors (Lipinski definition) is 2. The van der Waals surface area contributed by atoms with Crippen LogP contribution >= 0.6 is 0 Å². The summed E-state index contributed by atoms with van der Waals surface area (Å²) in [4.78, 5) is 15.0. The maximum Gasteiger partial charge on any atom is 0.315 e. The van der Waals surface area contributed by atoms with E-state index in [0.717, 1.165) is 16.6 Å². The summed E-state index contributed by atoms with van der Waals surface area (Å²) in [6.07, 6.45) is -0.885. The number of urea groups is 1. The molecule has 0 bridgehead atoms. The Kier molecular flexibility index (Phi) is 4.77. The first-order chi connectivity index (χ1) is 11.6. The Morgan fingerprint density at radius 3 is 2.62 bits per heavy atom. The lowest BCUT2D eigenvalue weighted by molar-refractivity contribution is 0.173. The number of aromatic amines is 1. The zero-order valence-electron chi connectivity index (χ0n) is 12.9. The van der Waals surface area contributed by atoms with Crippen LogP contribution in [0.4, 0.5) is 9.18 Å². The van der Waals surface area contributed by atoms with Gasteiger partial charge in [-0.15, -0.1) is 0 Å². The average molecular weight is 327 g/mol. The van der Waals surface area contributed by atoms with Gasteiger partial charge in [0.05, 0.1) is 12.6 Å². The molecule has 0 saturated carbocycles. The number of aliphatic hydroxyl groups excluding tert-OH is 1. The van der Waals surface area contributed by atoms with Crippen LogP contribution in [-0.4, -0.2) is 22.7 Å². The molecule has 0 radical (unpaired) electrons. The van der Waals surface area contributed by atoms with Gasteiger partial charge < -0.3 is 20.7 Å². The van der Waals surface area contributed by atoms with Crippen LogP contribution in [0.15, 0.2) is 54.6 Å². The fraction of sp³-hybridized carbons (Fsp3) is 0.167. The molecular formula is C18H18FN3O2. The topological polar surface area (TPSA) is 77.2 Å². The Balaban J connectivity index is 1.47. The molecule has 1 atom stereocenters. The van der Waals surface area contributed by atoms with Crippen LogP contribution in [0.1, 0.15) is 17.4 Å². The molecule has 0 aliphatic heterocycles. The van der Waals surface area contributed by atoms with E-state index in [1.165, 1.54) is 24.3 Å². The SMILES string of the molecule is O=C(NCc1cc2ccccc2[nH]1)NCC(O)c1ccc(F)cc1. The fourth-order valence-electron chi connectivity index (χ4n) is 2.46. The van der Waals surface area contributed by atoms with Crippen molar-refractivity contribution in [2.24, 2.45) is 0 Å². The molecule has 6 heteroatoms. The van der Waals surface area contributed by atoms with Crippen molar-refractivity contribution in [1.82, 2.24) is 15.6 Å². The van der Waals surface area contributed by atoms with Crippen molar-refractivity contribution in [3.63, 3.8) is 0 Å². The van der Waals surface area contributed by atoms with Crippen LogP contribution in [0.25, 0.3) is 10.9 Å². The maximum atomic E-state index is 12.8. The molecule has 0 aliphatic carbocycles. The van der Waals surface area contributed by atoms with Crippen LogP contribution in [0.2, 0.25) is 0 Å². The van der Waals surface area contributed by atoms with Crippen molar-refractivity contribution in [1.29, 1.82) is 0 Å². The van der Waals surface area contributed by atoms with Gasteiger partial charge in [-0.2, -0.15) is 0 Å². The van der Waals surface area contributed by atoms with Gasteiger partial charge in [0.25, 0.3) is 0 Å². The minimum absolute atomic E-state index is 0.0458. The largest absolute Gasteiger partial charge is 0.387 e. The van der Waals surface area contributed by atoms with Gasteiger partial charge in [0.1, 0.15) is 5.82 Å². The summed E-state index contributed by atoms with van der Waals surface area (Å²) in [5.74, 6) is -0.366. The number of carbonyl (C=O) groups excluding carboxylic acids is 1. The van der Waals surface area contributed by atoms with E-state index in [1.54, 1.807) is 0 Å². The molecule has 2 amide bonds. The van der Waals surface area contributed by atoms with Gasteiger partial charge in [-0.25, -0.2) is 9.18 Å². The lowest BCUT2D eigenvalue weighted by atomic mass is 10.1. The second-order valence-corrected chi connectivity index (χ2v) is 5.51. The minimum Gasteiger partial charge on any atom is -0.387 e. The Morgan fingerprint density at radius 2 is 1.88 bits per heavy atom. The quantitative estimate of drug-likeness (QED) is 0.581. The molecule has 0 fully saturated rings. The first-order valence-electron chi connectivity index (χ1n) is 7.63. The molecule has 124 valence electrons. The number of hydrogen-bond donors (Lipinski definition) is 4. The summed E-state index contributed by atoms with van der Waals surface area (Å²) in [5, 5.41) is 16.4. The second-order valence-electron chi connectivity index (χ2n) is 5.51. The van der Waals surface area contributed by atoms with Crippen LogP contribution in [0, 0.1) is 5.82 Å². The number of rotatable bonds is 5. The molecule has 24 heavy (non-hydrogen) atoms. The number of aliphatic hydroxyl groups is 1. The van der Waals surface area contributed by atoms with E-state index in [2.05, 4.69) is 15.6 Å². The standard InChI is InChI=1S/C18H18FN3O2/c19-14-7-5-12(6-8-14)17(23)11-21-18(24)20-10-15-9-13-3-1-2-4-16(13)22-15/h1-9,17,22-23H,10-11H2,(H2,20,21,24). The average Bonchev–Trinajstić information content (AvgIpc) is 3.01. The van der Waals surface area contributed by atoms with E-state index in [-0.39, 0.29) is 18.4 Å². The van der Waals surface area contributed by atoms with Gasteiger partial charge in [-0.1, -0.05) is 30.3 Å². The number of aromatic nitrogens is 1. The lowest BCUT2D eigenvalue weighted by Crippen LogP contribution is -2.37. The van der Waals surface area contributed by atoms with Crippen molar-refractivity contribution in [2.45, 2.75) is 12.6 Å². The molecule has 0 aliphatic rings. The molecule has 0 spiro atoms. The van der Waals surface area contributed by atoms with Crippen molar-refractivity contribution in [3.05, 3.63) is 71.7 Å². The Labute approximate surface area is 138 Å². The monoisotopic (exact) mass is 327 g/mol. The van der Waals surface area contributed by atoms with E-state index in [0.29, 0.717) is 12.1 Å². The van der Waals surface area contributed by atoms with Crippen LogP contribution in [-0.2, 0) is 6.54 Å².